The maximum atomic E-state index is 12.4. The van der Waals surface area contributed by atoms with E-state index in [1.54, 1.807) is 6.20 Å². The lowest BCUT2D eigenvalue weighted by Crippen LogP contribution is -2.15. The third kappa shape index (κ3) is 2.38. The number of hydrogen-bond donors (Lipinski definition) is 2. The Bertz CT molecular complexity index is 691. The number of aromatic nitrogens is 2. The van der Waals surface area contributed by atoms with Gasteiger partial charge in [0.1, 0.15) is 5.75 Å². The number of amides is 1. The van der Waals surface area contributed by atoms with Crippen LogP contribution in [0.3, 0.4) is 0 Å². The molecule has 6 nitrogen and oxygen atoms in total. The molecule has 1 aromatic heterocycles. The Hall–Kier alpha value is -2.34. The van der Waals surface area contributed by atoms with Gasteiger partial charge in [-0.25, -0.2) is 0 Å². The molecule has 0 spiro atoms. The van der Waals surface area contributed by atoms with E-state index < -0.39 is 0 Å². The second-order valence-corrected chi connectivity index (χ2v) is 5.35. The van der Waals surface area contributed by atoms with E-state index in [4.69, 9.17) is 9.47 Å². The zero-order chi connectivity index (χ0) is 14.2. The molecule has 1 saturated carbocycles. The molecular formula is C15H15N3O3. The zero-order valence-electron chi connectivity index (χ0n) is 11.4. The highest BCUT2D eigenvalue weighted by Gasteiger charge is 2.30. The number of carbonyl (C=O) groups is 1. The zero-order valence-corrected chi connectivity index (χ0v) is 11.4. The second-order valence-electron chi connectivity index (χ2n) is 5.35. The first kappa shape index (κ1) is 12.4. The largest absolute Gasteiger partial charge is 0.467 e. The molecule has 0 unspecified atom stereocenters. The third-order valence-corrected chi connectivity index (χ3v) is 3.75. The van der Waals surface area contributed by atoms with Gasteiger partial charge in [0.2, 0.25) is 0 Å². The van der Waals surface area contributed by atoms with Gasteiger partial charge in [-0.3, -0.25) is 9.89 Å². The molecule has 1 aliphatic carbocycles. The fourth-order valence-corrected chi connectivity index (χ4v) is 2.52. The van der Waals surface area contributed by atoms with E-state index in [-0.39, 0.29) is 12.7 Å². The summed E-state index contributed by atoms with van der Waals surface area (Å²) >= 11 is 0. The number of rotatable bonds is 3. The van der Waals surface area contributed by atoms with Crippen LogP contribution in [-0.2, 0) is 11.3 Å². The van der Waals surface area contributed by atoms with Crippen LogP contribution in [0.4, 0.5) is 5.69 Å². The Kier molecular flexibility index (Phi) is 2.89. The van der Waals surface area contributed by atoms with Crippen molar-refractivity contribution in [3.8, 4) is 5.75 Å². The summed E-state index contributed by atoms with van der Waals surface area (Å²) in [5.41, 5.74) is 3.17. The number of carbonyl (C=O) groups excluding carboxylic acids is 1. The average molecular weight is 285 g/mol. The summed E-state index contributed by atoms with van der Waals surface area (Å²) in [6, 6.07) is 5.56. The number of nitrogens with zero attached hydrogens (tertiary/aromatic N) is 1. The van der Waals surface area contributed by atoms with Crippen molar-refractivity contribution < 1.29 is 14.3 Å². The number of anilines is 1. The summed E-state index contributed by atoms with van der Waals surface area (Å²) in [7, 11) is 0. The Morgan fingerprint density at radius 1 is 1.38 bits per heavy atom. The number of aromatic amines is 1. The van der Waals surface area contributed by atoms with Crippen LogP contribution < -0.4 is 10.1 Å². The first-order valence-electron chi connectivity index (χ1n) is 7.00. The summed E-state index contributed by atoms with van der Waals surface area (Å²) < 4.78 is 10.6. The minimum atomic E-state index is -0.136. The molecule has 2 heterocycles. The topological polar surface area (TPSA) is 76.2 Å². The minimum Gasteiger partial charge on any atom is -0.467 e. The Morgan fingerprint density at radius 3 is 3.14 bits per heavy atom. The van der Waals surface area contributed by atoms with Crippen LogP contribution in [0.5, 0.6) is 5.75 Å². The Labute approximate surface area is 121 Å². The predicted molar refractivity (Wildman–Crippen MR) is 75.2 cm³/mol. The molecule has 1 fully saturated rings. The van der Waals surface area contributed by atoms with Crippen LogP contribution in [0.1, 0.15) is 40.4 Å². The SMILES string of the molecule is O=C(Nc1ccc2c(c1)COCO2)c1c[nH]nc1C1CC1. The van der Waals surface area contributed by atoms with Crippen molar-refractivity contribution in [3.63, 3.8) is 0 Å². The number of H-pyrrole nitrogens is 1. The monoisotopic (exact) mass is 285 g/mol. The van der Waals surface area contributed by atoms with Crippen molar-refractivity contribution in [3.05, 3.63) is 41.2 Å². The molecule has 1 aromatic carbocycles. The molecule has 21 heavy (non-hydrogen) atoms. The van der Waals surface area contributed by atoms with Gasteiger partial charge in [-0.15, -0.1) is 0 Å². The summed E-state index contributed by atoms with van der Waals surface area (Å²) in [6.07, 6.45) is 3.88. The molecule has 0 bridgehead atoms. The van der Waals surface area contributed by atoms with E-state index in [0.717, 1.165) is 35.5 Å². The van der Waals surface area contributed by atoms with Gasteiger partial charge < -0.3 is 14.8 Å². The van der Waals surface area contributed by atoms with Gasteiger partial charge in [-0.2, -0.15) is 5.10 Å². The highest BCUT2D eigenvalue weighted by molar-refractivity contribution is 6.05. The standard InChI is InChI=1S/C15H15N3O3/c19-15(12-6-16-18-14(12)9-1-2-9)17-11-3-4-13-10(5-11)7-20-8-21-13/h3-6,9H,1-2,7-8H2,(H,16,18)(H,17,19). The van der Waals surface area contributed by atoms with E-state index in [1.807, 2.05) is 18.2 Å². The highest BCUT2D eigenvalue weighted by Crippen LogP contribution is 2.40. The van der Waals surface area contributed by atoms with Crippen LogP contribution in [0, 0.1) is 0 Å². The third-order valence-electron chi connectivity index (χ3n) is 3.75. The first-order valence-corrected chi connectivity index (χ1v) is 7.00. The molecule has 4 rings (SSSR count). The maximum absolute atomic E-state index is 12.4. The lowest BCUT2D eigenvalue weighted by atomic mass is 10.1. The van der Waals surface area contributed by atoms with E-state index in [2.05, 4.69) is 15.5 Å². The van der Waals surface area contributed by atoms with Crippen LogP contribution in [-0.4, -0.2) is 22.9 Å². The van der Waals surface area contributed by atoms with E-state index in [0.29, 0.717) is 18.1 Å². The lowest BCUT2D eigenvalue weighted by Gasteiger charge is -2.18. The van der Waals surface area contributed by atoms with Gasteiger partial charge >= 0.3 is 0 Å². The number of nitrogens with one attached hydrogen (secondary N) is 2. The number of fused-ring (bicyclic) bond motifs is 1. The van der Waals surface area contributed by atoms with Gasteiger partial charge in [0.15, 0.2) is 6.79 Å². The van der Waals surface area contributed by atoms with Crippen LogP contribution >= 0.6 is 0 Å². The Balaban J connectivity index is 1.55. The molecule has 1 amide bonds. The van der Waals surface area contributed by atoms with E-state index in [9.17, 15) is 4.79 Å². The lowest BCUT2D eigenvalue weighted by molar-refractivity contribution is -0.0163. The summed E-state index contributed by atoms with van der Waals surface area (Å²) in [4.78, 5) is 12.4. The van der Waals surface area contributed by atoms with Gasteiger partial charge in [0.25, 0.3) is 5.91 Å². The number of benzene rings is 1. The molecular weight excluding hydrogens is 270 g/mol. The second kappa shape index (κ2) is 4.89. The smallest absolute Gasteiger partial charge is 0.259 e. The molecule has 1 aliphatic heterocycles. The van der Waals surface area contributed by atoms with E-state index >= 15 is 0 Å². The summed E-state index contributed by atoms with van der Waals surface area (Å²) in [5, 5.41) is 9.88. The number of ether oxygens (including phenoxy) is 2. The average Bonchev–Trinajstić information content (AvgIpc) is 3.24. The first-order chi connectivity index (χ1) is 10.3. The van der Waals surface area contributed by atoms with Crippen LogP contribution in [0.2, 0.25) is 0 Å². The highest BCUT2D eigenvalue weighted by atomic mass is 16.7. The van der Waals surface area contributed by atoms with Crippen molar-refractivity contribution in [1.29, 1.82) is 0 Å². The summed E-state index contributed by atoms with van der Waals surface area (Å²) in [5.74, 6) is 1.10. The van der Waals surface area contributed by atoms with Crippen molar-refractivity contribution in [2.24, 2.45) is 0 Å². The normalized spacial score (nSPS) is 17.0. The predicted octanol–water partition coefficient (Wildman–Crippen LogP) is 2.41. The van der Waals surface area contributed by atoms with Crippen LogP contribution in [0.15, 0.2) is 24.4 Å². The minimum absolute atomic E-state index is 0.136. The molecule has 0 atom stereocenters. The maximum Gasteiger partial charge on any atom is 0.259 e. The molecule has 108 valence electrons. The fourth-order valence-electron chi connectivity index (χ4n) is 2.52. The Morgan fingerprint density at radius 2 is 2.29 bits per heavy atom. The number of hydrogen-bond acceptors (Lipinski definition) is 4. The summed E-state index contributed by atoms with van der Waals surface area (Å²) in [6.45, 7) is 0.774. The molecule has 2 aromatic rings. The van der Waals surface area contributed by atoms with E-state index in [1.165, 1.54) is 0 Å². The van der Waals surface area contributed by atoms with Crippen LogP contribution in [0.25, 0.3) is 0 Å². The quantitative estimate of drug-likeness (QED) is 0.908. The van der Waals surface area contributed by atoms with Gasteiger partial charge in [-0.1, -0.05) is 0 Å². The van der Waals surface area contributed by atoms with Crippen molar-refractivity contribution in [1.82, 2.24) is 10.2 Å². The van der Waals surface area contributed by atoms with Crippen molar-refractivity contribution in [2.45, 2.75) is 25.4 Å². The van der Waals surface area contributed by atoms with Crippen molar-refractivity contribution in [2.75, 3.05) is 12.1 Å². The van der Waals surface area contributed by atoms with Gasteiger partial charge in [-0.05, 0) is 31.0 Å². The molecule has 0 saturated heterocycles. The molecule has 2 aliphatic rings. The molecule has 2 N–H and O–H groups in total. The molecule has 6 heteroatoms. The van der Waals surface area contributed by atoms with Gasteiger partial charge in [0, 0.05) is 23.4 Å². The van der Waals surface area contributed by atoms with Gasteiger partial charge in [0.05, 0.1) is 17.9 Å². The molecule has 0 radical (unpaired) electrons. The van der Waals surface area contributed by atoms with Crippen molar-refractivity contribution >= 4 is 11.6 Å². The fraction of sp³-hybridized carbons (Fsp3) is 0.333.